The number of methoxy groups -OCH3 is 1. The average Bonchev–Trinajstić information content (AvgIpc) is 3.32. The first-order valence-electron chi connectivity index (χ1n) is 12.8. The SMILES string of the molecule is COCCC(=O)N[C@@H](CCN1C2CCC1CC(n1c(C)nc3c(F)cccc31)C2)c1ccccc1. The van der Waals surface area contributed by atoms with Gasteiger partial charge in [0.1, 0.15) is 11.3 Å². The second-order valence-electron chi connectivity index (χ2n) is 9.95. The van der Waals surface area contributed by atoms with E-state index in [-0.39, 0.29) is 17.8 Å². The number of benzene rings is 2. The van der Waals surface area contributed by atoms with E-state index < -0.39 is 0 Å². The van der Waals surface area contributed by atoms with E-state index in [9.17, 15) is 9.18 Å². The van der Waals surface area contributed by atoms with Gasteiger partial charge in [0.05, 0.1) is 18.2 Å². The largest absolute Gasteiger partial charge is 0.384 e. The van der Waals surface area contributed by atoms with Gasteiger partial charge in [0.25, 0.3) is 0 Å². The van der Waals surface area contributed by atoms with E-state index in [0.29, 0.717) is 36.7 Å². The van der Waals surface area contributed by atoms with Gasteiger partial charge in [-0.05, 0) is 56.7 Å². The Morgan fingerprint density at radius 3 is 2.57 bits per heavy atom. The Labute approximate surface area is 206 Å². The lowest BCUT2D eigenvalue weighted by Crippen LogP contribution is -2.45. The number of nitrogens with one attached hydrogen (secondary N) is 1. The van der Waals surface area contributed by atoms with E-state index in [1.165, 1.54) is 18.9 Å². The van der Waals surface area contributed by atoms with Crippen molar-refractivity contribution in [3.8, 4) is 0 Å². The molecule has 1 amide bonds. The number of hydrogen-bond donors (Lipinski definition) is 1. The molecule has 2 bridgehead atoms. The molecule has 1 N–H and O–H groups in total. The molecule has 2 aromatic carbocycles. The lowest BCUT2D eigenvalue weighted by Gasteiger charge is -2.40. The summed E-state index contributed by atoms with van der Waals surface area (Å²) in [5, 5.41) is 3.23. The van der Waals surface area contributed by atoms with Crippen LogP contribution in [0, 0.1) is 12.7 Å². The summed E-state index contributed by atoms with van der Waals surface area (Å²) in [6.45, 7) is 3.37. The third-order valence-corrected chi connectivity index (χ3v) is 7.82. The lowest BCUT2D eigenvalue weighted by atomic mass is 9.95. The molecule has 5 rings (SSSR count). The molecule has 2 fully saturated rings. The van der Waals surface area contributed by atoms with Gasteiger partial charge < -0.3 is 14.6 Å². The highest BCUT2D eigenvalue weighted by Crippen LogP contribution is 2.42. The van der Waals surface area contributed by atoms with Gasteiger partial charge in [-0.1, -0.05) is 36.4 Å². The smallest absolute Gasteiger partial charge is 0.222 e. The number of fused-ring (bicyclic) bond motifs is 3. The quantitative estimate of drug-likeness (QED) is 0.474. The molecule has 2 saturated heterocycles. The summed E-state index contributed by atoms with van der Waals surface area (Å²) in [5.74, 6) is 0.673. The van der Waals surface area contributed by atoms with Crippen molar-refractivity contribution in [2.24, 2.45) is 0 Å². The molecule has 2 aliphatic heterocycles. The molecule has 7 heteroatoms. The van der Waals surface area contributed by atoms with Gasteiger partial charge in [-0.25, -0.2) is 9.37 Å². The van der Waals surface area contributed by atoms with Crippen LogP contribution in [0.4, 0.5) is 4.39 Å². The number of imidazole rings is 1. The number of para-hydroxylation sites is 1. The maximum Gasteiger partial charge on any atom is 0.222 e. The molecule has 186 valence electrons. The highest BCUT2D eigenvalue weighted by Gasteiger charge is 2.41. The van der Waals surface area contributed by atoms with Crippen LogP contribution in [-0.2, 0) is 9.53 Å². The first-order valence-corrected chi connectivity index (χ1v) is 12.8. The molecule has 3 heterocycles. The molecule has 0 radical (unpaired) electrons. The highest BCUT2D eigenvalue weighted by atomic mass is 19.1. The van der Waals surface area contributed by atoms with Gasteiger partial charge >= 0.3 is 0 Å². The Bertz CT molecular complexity index is 1150. The summed E-state index contributed by atoms with van der Waals surface area (Å²) in [6.07, 6.45) is 5.73. The van der Waals surface area contributed by atoms with Crippen LogP contribution in [0.25, 0.3) is 11.0 Å². The molecule has 0 spiro atoms. The molecule has 6 nitrogen and oxygen atoms in total. The molecule has 3 aromatic rings. The molecule has 1 aromatic heterocycles. The van der Waals surface area contributed by atoms with Crippen LogP contribution in [0.2, 0.25) is 0 Å². The summed E-state index contributed by atoms with van der Waals surface area (Å²) in [4.78, 5) is 19.7. The van der Waals surface area contributed by atoms with E-state index in [1.54, 1.807) is 13.2 Å². The zero-order valence-corrected chi connectivity index (χ0v) is 20.6. The average molecular weight is 479 g/mol. The van der Waals surface area contributed by atoms with Crippen molar-refractivity contribution >= 4 is 16.9 Å². The number of piperidine rings is 1. The number of amides is 1. The Balaban J connectivity index is 1.28. The van der Waals surface area contributed by atoms with Crippen LogP contribution in [0.3, 0.4) is 0 Å². The Morgan fingerprint density at radius 1 is 1.11 bits per heavy atom. The van der Waals surface area contributed by atoms with Crippen LogP contribution >= 0.6 is 0 Å². The van der Waals surface area contributed by atoms with Crippen molar-refractivity contribution in [3.63, 3.8) is 0 Å². The molecular weight excluding hydrogens is 443 g/mol. The summed E-state index contributed by atoms with van der Waals surface area (Å²) in [7, 11) is 1.62. The van der Waals surface area contributed by atoms with Crippen LogP contribution in [-0.4, -0.2) is 52.7 Å². The Hall–Kier alpha value is -2.77. The van der Waals surface area contributed by atoms with E-state index >= 15 is 0 Å². The van der Waals surface area contributed by atoms with Crippen LogP contribution in [0.1, 0.15) is 62.0 Å². The summed E-state index contributed by atoms with van der Waals surface area (Å²) in [5.41, 5.74) is 2.53. The minimum atomic E-state index is -0.246. The second-order valence-corrected chi connectivity index (χ2v) is 9.95. The minimum Gasteiger partial charge on any atom is -0.384 e. The minimum absolute atomic E-state index is 0.0134. The van der Waals surface area contributed by atoms with Gasteiger partial charge in [-0.2, -0.15) is 0 Å². The summed E-state index contributed by atoms with van der Waals surface area (Å²) < 4.78 is 21.7. The van der Waals surface area contributed by atoms with E-state index in [1.807, 2.05) is 31.2 Å². The highest BCUT2D eigenvalue weighted by molar-refractivity contribution is 5.77. The fourth-order valence-corrected chi connectivity index (χ4v) is 6.23. The lowest BCUT2D eigenvalue weighted by molar-refractivity contribution is -0.122. The van der Waals surface area contributed by atoms with Gasteiger partial charge in [-0.3, -0.25) is 9.69 Å². The number of nitrogens with zero attached hydrogens (tertiary/aromatic N) is 3. The third kappa shape index (κ3) is 4.98. The van der Waals surface area contributed by atoms with E-state index in [2.05, 4.69) is 31.9 Å². The molecule has 0 saturated carbocycles. The van der Waals surface area contributed by atoms with Gasteiger partial charge in [-0.15, -0.1) is 0 Å². The topological polar surface area (TPSA) is 59.4 Å². The number of aromatic nitrogens is 2. The molecular formula is C28H35FN4O2. The number of carbonyl (C=O) groups is 1. The number of hydrogen-bond acceptors (Lipinski definition) is 4. The number of halogens is 1. The third-order valence-electron chi connectivity index (χ3n) is 7.82. The van der Waals surface area contributed by atoms with Crippen molar-refractivity contribution < 1.29 is 13.9 Å². The summed E-state index contributed by atoms with van der Waals surface area (Å²) in [6, 6.07) is 16.8. The number of ether oxygens (including phenoxy) is 1. The van der Waals surface area contributed by atoms with Crippen LogP contribution in [0.5, 0.6) is 0 Å². The zero-order valence-electron chi connectivity index (χ0n) is 20.6. The predicted molar refractivity (Wildman–Crippen MR) is 135 cm³/mol. The second kappa shape index (κ2) is 10.5. The van der Waals surface area contributed by atoms with Crippen molar-refractivity contribution in [2.75, 3.05) is 20.3 Å². The van der Waals surface area contributed by atoms with Gasteiger partial charge in [0.2, 0.25) is 5.91 Å². The van der Waals surface area contributed by atoms with Gasteiger partial charge in [0, 0.05) is 38.2 Å². The zero-order chi connectivity index (χ0) is 24.4. The maximum atomic E-state index is 14.3. The van der Waals surface area contributed by atoms with Crippen LogP contribution < -0.4 is 5.32 Å². The van der Waals surface area contributed by atoms with Crippen LogP contribution in [0.15, 0.2) is 48.5 Å². The fourth-order valence-electron chi connectivity index (χ4n) is 6.23. The molecule has 35 heavy (non-hydrogen) atoms. The number of carbonyl (C=O) groups excluding carboxylic acids is 1. The monoisotopic (exact) mass is 478 g/mol. The summed E-state index contributed by atoms with van der Waals surface area (Å²) >= 11 is 0. The van der Waals surface area contributed by atoms with E-state index in [4.69, 9.17) is 4.74 Å². The molecule has 0 aliphatic carbocycles. The van der Waals surface area contributed by atoms with Crippen molar-refractivity contribution in [2.45, 2.75) is 69.6 Å². The Morgan fingerprint density at radius 2 is 1.86 bits per heavy atom. The number of aryl methyl sites for hydroxylation is 1. The predicted octanol–water partition coefficient (Wildman–Crippen LogP) is 4.94. The number of rotatable bonds is 9. The normalized spacial score (nSPS) is 23.0. The first-order chi connectivity index (χ1) is 17.0. The molecule has 2 unspecified atom stereocenters. The van der Waals surface area contributed by atoms with E-state index in [0.717, 1.165) is 42.7 Å². The molecule has 2 aliphatic rings. The maximum absolute atomic E-state index is 14.3. The Kier molecular flexibility index (Phi) is 7.16. The standard InChI is InChI=1S/C28H35FN4O2/c1-19-30-28-24(29)9-6-10-26(28)33(19)23-17-21-11-12-22(18-23)32(21)15-13-25(20-7-4-3-5-8-20)31-27(34)14-16-35-2/h3-10,21-23,25H,11-18H2,1-2H3,(H,31,34)/t21?,22?,23?,25-/m0/s1. The van der Waals surface area contributed by atoms with Crippen molar-refractivity contribution in [1.29, 1.82) is 0 Å². The molecule has 3 atom stereocenters. The fraction of sp³-hybridized carbons (Fsp3) is 0.500. The van der Waals surface area contributed by atoms with Crippen molar-refractivity contribution in [3.05, 3.63) is 65.7 Å². The van der Waals surface area contributed by atoms with Gasteiger partial charge in [0.15, 0.2) is 5.82 Å². The first kappa shape index (κ1) is 23.9. The van der Waals surface area contributed by atoms with Crippen molar-refractivity contribution in [1.82, 2.24) is 19.8 Å².